The van der Waals surface area contributed by atoms with Crippen molar-refractivity contribution < 1.29 is 9.90 Å². The number of hydrogen-bond acceptors (Lipinski definition) is 1. The molecule has 0 radical (unpaired) electrons. The number of carboxylic acid groups (broad SMARTS) is 1. The molecule has 0 spiro atoms. The van der Waals surface area contributed by atoms with Crippen LogP contribution in [-0.2, 0) is 10.2 Å². The highest BCUT2D eigenvalue weighted by molar-refractivity contribution is 5.68. The summed E-state index contributed by atoms with van der Waals surface area (Å²) in [4.78, 5) is 10.4. The fourth-order valence-corrected chi connectivity index (χ4v) is 1.76. The topological polar surface area (TPSA) is 37.3 Å². The van der Waals surface area contributed by atoms with E-state index >= 15 is 0 Å². The highest BCUT2D eigenvalue weighted by atomic mass is 16.4. The molecule has 0 unspecified atom stereocenters. The molecule has 0 aliphatic carbocycles. The number of carbonyl (C=O) groups is 1. The lowest BCUT2D eigenvalue weighted by Crippen LogP contribution is -2.10. The van der Waals surface area contributed by atoms with Crippen LogP contribution in [0, 0.1) is 0 Å². The maximum absolute atomic E-state index is 10.4. The van der Waals surface area contributed by atoms with Crippen molar-refractivity contribution >= 4 is 11.5 Å². The van der Waals surface area contributed by atoms with Gasteiger partial charge in [-0.1, -0.05) is 51.1 Å². The molecule has 0 saturated carbocycles. The molecule has 0 aromatic heterocycles. The molecule has 2 nitrogen and oxygen atoms in total. The molecule has 0 saturated heterocycles. The molecule has 0 heterocycles. The number of benzene rings is 1. The fraction of sp³-hybridized carbons (Fsp3) is 0.438. The van der Waals surface area contributed by atoms with Crippen molar-refractivity contribution in [3.8, 4) is 0 Å². The smallest absolute Gasteiger partial charge is 0.303 e. The Labute approximate surface area is 109 Å². The van der Waals surface area contributed by atoms with Crippen molar-refractivity contribution in [1.29, 1.82) is 0 Å². The molecular weight excluding hydrogens is 224 g/mol. The molecule has 0 fully saturated rings. The largest absolute Gasteiger partial charge is 0.481 e. The van der Waals surface area contributed by atoms with Crippen molar-refractivity contribution in [2.24, 2.45) is 0 Å². The van der Waals surface area contributed by atoms with E-state index in [1.54, 1.807) is 0 Å². The lowest BCUT2D eigenvalue weighted by molar-refractivity contribution is -0.136. The Kier molecular flexibility index (Phi) is 4.71. The van der Waals surface area contributed by atoms with E-state index in [9.17, 15) is 4.79 Å². The van der Waals surface area contributed by atoms with Crippen molar-refractivity contribution in [3.05, 3.63) is 41.5 Å². The van der Waals surface area contributed by atoms with E-state index in [2.05, 4.69) is 45.0 Å². The molecule has 18 heavy (non-hydrogen) atoms. The predicted octanol–water partition coefficient (Wildman–Crippen LogP) is 4.25. The highest BCUT2D eigenvalue weighted by Gasteiger charge is 2.12. The second-order valence-corrected chi connectivity index (χ2v) is 5.65. The molecular formula is C16H22O2. The summed E-state index contributed by atoms with van der Waals surface area (Å²) in [5.41, 5.74) is 3.77. The van der Waals surface area contributed by atoms with Crippen molar-refractivity contribution in [1.82, 2.24) is 0 Å². The molecule has 0 aliphatic rings. The second-order valence-electron chi connectivity index (χ2n) is 5.65. The summed E-state index contributed by atoms with van der Waals surface area (Å²) in [6, 6.07) is 8.49. The lowest BCUT2D eigenvalue weighted by atomic mass is 9.86. The molecule has 98 valence electrons. The summed E-state index contributed by atoms with van der Waals surface area (Å²) in [6.45, 7) is 8.60. The number of hydrogen-bond donors (Lipinski definition) is 1. The Bertz CT molecular complexity index is 433. The van der Waals surface area contributed by atoms with Gasteiger partial charge in [0.05, 0.1) is 0 Å². The van der Waals surface area contributed by atoms with Gasteiger partial charge in [0.15, 0.2) is 0 Å². The number of allylic oxidation sites excluding steroid dienone is 2. The van der Waals surface area contributed by atoms with Gasteiger partial charge in [-0.2, -0.15) is 0 Å². The molecule has 0 bridgehead atoms. The summed E-state index contributed by atoms with van der Waals surface area (Å²) in [5, 5.41) is 8.59. The van der Waals surface area contributed by atoms with Crippen LogP contribution in [0.15, 0.2) is 30.3 Å². The van der Waals surface area contributed by atoms with E-state index < -0.39 is 5.97 Å². The average Bonchev–Trinajstić information content (AvgIpc) is 2.27. The van der Waals surface area contributed by atoms with E-state index in [1.807, 2.05) is 13.0 Å². The molecule has 0 amide bonds. The second kappa shape index (κ2) is 5.85. The van der Waals surface area contributed by atoms with Gasteiger partial charge in [-0.25, -0.2) is 0 Å². The minimum absolute atomic E-state index is 0.166. The van der Waals surface area contributed by atoms with Gasteiger partial charge < -0.3 is 5.11 Å². The third kappa shape index (κ3) is 4.36. The SMILES string of the molecule is C/C(=C\CCC(=O)O)c1ccc(C(C)(C)C)cc1. The van der Waals surface area contributed by atoms with Crippen LogP contribution in [0.4, 0.5) is 0 Å². The third-order valence-corrected chi connectivity index (χ3v) is 3.01. The third-order valence-electron chi connectivity index (χ3n) is 3.01. The van der Waals surface area contributed by atoms with Crippen LogP contribution in [0.2, 0.25) is 0 Å². The normalized spacial score (nSPS) is 12.6. The molecule has 1 aromatic rings. The Morgan fingerprint density at radius 1 is 1.22 bits per heavy atom. The van der Waals surface area contributed by atoms with Gasteiger partial charge in [-0.3, -0.25) is 4.79 Å². The van der Waals surface area contributed by atoms with Crippen LogP contribution in [-0.4, -0.2) is 11.1 Å². The van der Waals surface area contributed by atoms with Crippen molar-refractivity contribution in [2.75, 3.05) is 0 Å². The number of aliphatic carboxylic acids is 1. The first kappa shape index (κ1) is 14.5. The molecule has 1 rings (SSSR count). The maximum atomic E-state index is 10.4. The fourth-order valence-electron chi connectivity index (χ4n) is 1.76. The van der Waals surface area contributed by atoms with Gasteiger partial charge in [-0.05, 0) is 35.5 Å². The number of carboxylic acids is 1. The van der Waals surface area contributed by atoms with E-state index in [-0.39, 0.29) is 11.8 Å². The molecule has 1 N–H and O–H groups in total. The first-order chi connectivity index (χ1) is 8.30. The zero-order chi connectivity index (χ0) is 13.8. The van der Waals surface area contributed by atoms with Crippen LogP contribution in [0.1, 0.15) is 51.7 Å². The van der Waals surface area contributed by atoms with Crippen LogP contribution in [0.3, 0.4) is 0 Å². The molecule has 1 aromatic carbocycles. The quantitative estimate of drug-likeness (QED) is 0.862. The Balaban J connectivity index is 2.76. The Hall–Kier alpha value is -1.57. The van der Waals surface area contributed by atoms with E-state index in [0.717, 1.165) is 11.1 Å². The summed E-state index contributed by atoms with van der Waals surface area (Å²) in [7, 11) is 0. The molecule has 0 atom stereocenters. The van der Waals surface area contributed by atoms with Gasteiger partial charge in [0.25, 0.3) is 0 Å². The minimum atomic E-state index is -0.748. The highest BCUT2D eigenvalue weighted by Crippen LogP contribution is 2.24. The van der Waals surface area contributed by atoms with Gasteiger partial charge >= 0.3 is 5.97 Å². The summed E-state index contributed by atoms with van der Waals surface area (Å²) in [6.07, 6.45) is 2.76. The minimum Gasteiger partial charge on any atom is -0.481 e. The predicted molar refractivity (Wildman–Crippen MR) is 75.7 cm³/mol. The number of rotatable bonds is 4. The van der Waals surface area contributed by atoms with Crippen LogP contribution < -0.4 is 0 Å². The van der Waals surface area contributed by atoms with E-state index in [4.69, 9.17) is 5.11 Å². The van der Waals surface area contributed by atoms with Gasteiger partial charge in [0, 0.05) is 6.42 Å². The summed E-state index contributed by atoms with van der Waals surface area (Å²) in [5.74, 6) is -0.748. The Morgan fingerprint density at radius 3 is 2.22 bits per heavy atom. The van der Waals surface area contributed by atoms with Crippen LogP contribution in [0.5, 0.6) is 0 Å². The van der Waals surface area contributed by atoms with Crippen molar-refractivity contribution in [2.45, 2.75) is 46.0 Å². The zero-order valence-corrected chi connectivity index (χ0v) is 11.7. The van der Waals surface area contributed by atoms with Gasteiger partial charge in [0.1, 0.15) is 0 Å². The summed E-state index contributed by atoms with van der Waals surface area (Å²) >= 11 is 0. The Morgan fingerprint density at radius 2 is 1.78 bits per heavy atom. The van der Waals surface area contributed by atoms with E-state index in [0.29, 0.717) is 6.42 Å². The molecule has 2 heteroatoms. The van der Waals surface area contributed by atoms with Crippen LogP contribution >= 0.6 is 0 Å². The lowest BCUT2D eigenvalue weighted by Gasteiger charge is -2.19. The first-order valence-corrected chi connectivity index (χ1v) is 6.30. The molecule has 0 aliphatic heterocycles. The zero-order valence-electron chi connectivity index (χ0n) is 11.7. The summed E-state index contributed by atoms with van der Waals surface area (Å²) < 4.78 is 0. The van der Waals surface area contributed by atoms with Crippen molar-refractivity contribution in [3.63, 3.8) is 0 Å². The average molecular weight is 246 g/mol. The first-order valence-electron chi connectivity index (χ1n) is 6.30. The van der Waals surface area contributed by atoms with Gasteiger partial charge in [-0.15, -0.1) is 0 Å². The van der Waals surface area contributed by atoms with Gasteiger partial charge in [0.2, 0.25) is 0 Å². The van der Waals surface area contributed by atoms with Crippen LogP contribution in [0.25, 0.3) is 5.57 Å². The standard InChI is InChI=1S/C16H22O2/c1-12(6-5-7-15(17)18)13-8-10-14(11-9-13)16(2,3)4/h6,8-11H,5,7H2,1-4H3,(H,17,18)/b12-6+. The maximum Gasteiger partial charge on any atom is 0.303 e. The van der Waals surface area contributed by atoms with E-state index in [1.165, 1.54) is 5.56 Å². The monoisotopic (exact) mass is 246 g/mol.